The van der Waals surface area contributed by atoms with Crippen LogP contribution in [0.2, 0.25) is 0 Å². The number of nitrogens with zero attached hydrogens (tertiary/aromatic N) is 3. The molecule has 0 aliphatic heterocycles. The molecule has 2 aromatic rings. The second-order valence-electron chi connectivity index (χ2n) is 4.78. The van der Waals surface area contributed by atoms with Crippen LogP contribution in [0.3, 0.4) is 0 Å². The maximum Gasteiger partial charge on any atom is 0.183 e. The van der Waals surface area contributed by atoms with E-state index in [0.717, 1.165) is 22.9 Å². The third kappa shape index (κ3) is 1.79. The summed E-state index contributed by atoms with van der Waals surface area (Å²) >= 11 is 0. The molecule has 1 aliphatic rings. The van der Waals surface area contributed by atoms with Crippen molar-refractivity contribution in [3.05, 3.63) is 29.6 Å². The van der Waals surface area contributed by atoms with Gasteiger partial charge in [-0.25, -0.2) is 4.98 Å². The molecule has 17 heavy (non-hydrogen) atoms. The molecule has 1 aromatic heterocycles. The molecule has 0 saturated heterocycles. The van der Waals surface area contributed by atoms with Crippen LogP contribution in [0.1, 0.15) is 30.1 Å². The van der Waals surface area contributed by atoms with Crippen LogP contribution >= 0.6 is 0 Å². The van der Waals surface area contributed by atoms with Crippen molar-refractivity contribution in [3.63, 3.8) is 0 Å². The van der Waals surface area contributed by atoms with Gasteiger partial charge in [-0.1, -0.05) is 11.6 Å². The average molecular weight is 228 g/mol. The van der Waals surface area contributed by atoms with Gasteiger partial charge in [0.15, 0.2) is 5.82 Å². The number of anilines is 1. The Bertz CT molecular complexity index is 567. The molecule has 0 unspecified atom stereocenters. The van der Waals surface area contributed by atoms with Gasteiger partial charge < -0.3 is 5.73 Å². The van der Waals surface area contributed by atoms with E-state index in [1.807, 2.05) is 36.9 Å². The van der Waals surface area contributed by atoms with Crippen molar-refractivity contribution in [2.24, 2.45) is 7.05 Å². The standard InChI is InChI=1S/C13H16N4/c1-8-3-6-11(14)10(7-8)12-15-13(9-4-5-9)17(2)16-12/h3,6-7,9H,4-5,14H2,1-2H3. The fourth-order valence-electron chi connectivity index (χ4n) is 2.07. The predicted octanol–water partition coefficient (Wildman–Crippen LogP) is 2.25. The number of nitrogens with two attached hydrogens (primary N) is 1. The zero-order valence-corrected chi connectivity index (χ0v) is 10.1. The summed E-state index contributed by atoms with van der Waals surface area (Å²) in [5.41, 5.74) is 8.84. The number of benzene rings is 1. The van der Waals surface area contributed by atoms with E-state index in [4.69, 9.17) is 5.73 Å². The highest BCUT2D eigenvalue weighted by molar-refractivity contribution is 5.72. The Hall–Kier alpha value is -1.84. The lowest BCUT2D eigenvalue weighted by Crippen LogP contribution is -1.96. The summed E-state index contributed by atoms with van der Waals surface area (Å²) in [6.45, 7) is 2.05. The smallest absolute Gasteiger partial charge is 0.183 e. The Kier molecular flexibility index (Phi) is 2.18. The van der Waals surface area contributed by atoms with Gasteiger partial charge in [-0.15, -0.1) is 0 Å². The molecular weight excluding hydrogens is 212 g/mol. The zero-order valence-electron chi connectivity index (χ0n) is 10.1. The molecule has 0 bridgehead atoms. The Morgan fingerprint density at radius 1 is 1.35 bits per heavy atom. The first-order valence-electron chi connectivity index (χ1n) is 5.92. The van der Waals surface area contributed by atoms with Crippen LogP contribution in [-0.2, 0) is 7.05 Å². The first-order valence-corrected chi connectivity index (χ1v) is 5.92. The van der Waals surface area contributed by atoms with Gasteiger partial charge in [-0.3, -0.25) is 4.68 Å². The SMILES string of the molecule is Cc1ccc(N)c(-c2nc(C3CC3)n(C)n2)c1. The molecule has 1 aliphatic carbocycles. The molecule has 4 nitrogen and oxygen atoms in total. The summed E-state index contributed by atoms with van der Waals surface area (Å²) < 4.78 is 1.88. The molecule has 1 fully saturated rings. The van der Waals surface area contributed by atoms with Gasteiger partial charge in [-0.05, 0) is 31.9 Å². The molecule has 0 atom stereocenters. The van der Waals surface area contributed by atoms with Gasteiger partial charge in [0.1, 0.15) is 5.82 Å². The van der Waals surface area contributed by atoms with Crippen molar-refractivity contribution in [1.29, 1.82) is 0 Å². The van der Waals surface area contributed by atoms with E-state index in [0.29, 0.717) is 5.92 Å². The highest BCUT2D eigenvalue weighted by Gasteiger charge is 2.29. The minimum absolute atomic E-state index is 0.604. The number of aryl methyl sites for hydroxylation is 2. The molecule has 88 valence electrons. The fourth-order valence-corrected chi connectivity index (χ4v) is 2.07. The van der Waals surface area contributed by atoms with Crippen LogP contribution in [0.25, 0.3) is 11.4 Å². The first kappa shape index (κ1) is 10.3. The Morgan fingerprint density at radius 3 is 2.82 bits per heavy atom. The minimum Gasteiger partial charge on any atom is -0.398 e. The predicted molar refractivity (Wildman–Crippen MR) is 67.6 cm³/mol. The zero-order chi connectivity index (χ0) is 12.0. The van der Waals surface area contributed by atoms with Crippen LogP contribution in [0.5, 0.6) is 0 Å². The molecule has 1 heterocycles. The van der Waals surface area contributed by atoms with E-state index in [9.17, 15) is 0 Å². The fraction of sp³-hybridized carbons (Fsp3) is 0.385. The Balaban J connectivity index is 2.08. The van der Waals surface area contributed by atoms with E-state index in [-0.39, 0.29) is 0 Å². The van der Waals surface area contributed by atoms with Gasteiger partial charge >= 0.3 is 0 Å². The van der Waals surface area contributed by atoms with Crippen LogP contribution in [0.4, 0.5) is 5.69 Å². The maximum atomic E-state index is 5.98. The molecular formula is C13H16N4. The van der Waals surface area contributed by atoms with Crippen molar-refractivity contribution in [1.82, 2.24) is 14.8 Å². The quantitative estimate of drug-likeness (QED) is 0.802. The lowest BCUT2D eigenvalue weighted by molar-refractivity contribution is 0.705. The van der Waals surface area contributed by atoms with Crippen molar-refractivity contribution in [2.75, 3.05) is 5.73 Å². The number of hydrogen-bond donors (Lipinski definition) is 1. The van der Waals surface area contributed by atoms with E-state index in [1.165, 1.54) is 18.4 Å². The van der Waals surface area contributed by atoms with E-state index in [2.05, 4.69) is 10.1 Å². The normalized spacial score (nSPS) is 15.2. The molecule has 4 heteroatoms. The van der Waals surface area contributed by atoms with E-state index >= 15 is 0 Å². The molecule has 0 spiro atoms. The Morgan fingerprint density at radius 2 is 2.12 bits per heavy atom. The van der Waals surface area contributed by atoms with Crippen molar-refractivity contribution in [3.8, 4) is 11.4 Å². The number of aromatic nitrogens is 3. The van der Waals surface area contributed by atoms with Gasteiger partial charge in [0.05, 0.1) is 0 Å². The Labute approximate surface area is 100 Å². The number of nitrogen functional groups attached to an aromatic ring is 1. The third-order valence-corrected chi connectivity index (χ3v) is 3.19. The summed E-state index contributed by atoms with van der Waals surface area (Å²) in [4.78, 5) is 4.62. The second-order valence-corrected chi connectivity index (χ2v) is 4.78. The summed E-state index contributed by atoms with van der Waals surface area (Å²) in [6, 6.07) is 5.96. The molecule has 3 rings (SSSR count). The first-order chi connectivity index (χ1) is 8.15. The third-order valence-electron chi connectivity index (χ3n) is 3.19. The van der Waals surface area contributed by atoms with Gasteiger partial charge in [0, 0.05) is 24.2 Å². The maximum absolute atomic E-state index is 5.98. The van der Waals surface area contributed by atoms with E-state index in [1.54, 1.807) is 0 Å². The van der Waals surface area contributed by atoms with Crippen LogP contribution < -0.4 is 5.73 Å². The van der Waals surface area contributed by atoms with Crippen molar-refractivity contribution in [2.45, 2.75) is 25.7 Å². The highest BCUT2D eigenvalue weighted by Crippen LogP contribution is 2.39. The van der Waals surface area contributed by atoms with Crippen LogP contribution in [-0.4, -0.2) is 14.8 Å². The number of rotatable bonds is 2. The summed E-state index contributed by atoms with van der Waals surface area (Å²) in [6.07, 6.45) is 2.46. The van der Waals surface area contributed by atoms with Gasteiger partial charge in [-0.2, -0.15) is 5.10 Å². The summed E-state index contributed by atoms with van der Waals surface area (Å²) in [5.74, 6) is 2.43. The highest BCUT2D eigenvalue weighted by atomic mass is 15.3. The average Bonchev–Trinajstić information content (AvgIpc) is 3.06. The monoisotopic (exact) mass is 228 g/mol. The van der Waals surface area contributed by atoms with Crippen molar-refractivity contribution >= 4 is 5.69 Å². The molecule has 0 radical (unpaired) electrons. The molecule has 2 N–H and O–H groups in total. The summed E-state index contributed by atoms with van der Waals surface area (Å²) in [7, 11) is 1.95. The minimum atomic E-state index is 0.604. The van der Waals surface area contributed by atoms with Crippen molar-refractivity contribution < 1.29 is 0 Å². The van der Waals surface area contributed by atoms with Crippen LogP contribution in [0, 0.1) is 6.92 Å². The lowest BCUT2D eigenvalue weighted by Gasteiger charge is -2.02. The number of hydrogen-bond acceptors (Lipinski definition) is 3. The molecule has 1 aromatic carbocycles. The summed E-state index contributed by atoms with van der Waals surface area (Å²) in [5, 5.41) is 4.47. The van der Waals surface area contributed by atoms with Crippen LogP contribution in [0.15, 0.2) is 18.2 Å². The van der Waals surface area contributed by atoms with E-state index < -0.39 is 0 Å². The topological polar surface area (TPSA) is 56.7 Å². The lowest BCUT2D eigenvalue weighted by atomic mass is 10.1. The largest absolute Gasteiger partial charge is 0.398 e. The molecule has 1 saturated carbocycles. The molecule has 0 amide bonds. The second kappa shape index (κ2) is 3.58. The van der Waals surface area contributed by atoms with Gasteiger partial charge in [0.2, 0.25) is 0 Å². The van der Waals surface area contributed by atoms with Gasteiger partial charge in [0.25, 0.3) is 0 Å².